The van der Waals surface area contributed by atoms with Crippen LogP contribution in [0, 0.1) is 0 Å². The molecular formula is C23H23N3O4. The van der Waals surface area contributed by atoms with Gasteiger partial charge in [-0.3, -0.25) is 9.78 Å². The van der Waals surface area contributed by atoms with Crippen molar-refractivity contribution in [2.45, 2.75) is 19.6 Å². The van der Waals surface area contributed by atoms with E-state index in [-0.39, 0.29) is 5.91 Å². The largest absolute Gasteiger partial charge is 0.495 e. The summed E-state index contributed by atoms with van der Waals surface area (Å²) >= 11 is 0. The first-order valence-corrected chi connectivity index (χ1v) is 9.69. The molecule has 7 nitrogen and oxygen atoms in total. The third kappa shape index (κ3) is 4.20. The minimum atomic E-state index is -0.0533. The van der Waals surface area contributed by atoms with Crippen molar-refractivity contribution in [1.82, 2.24) is 14.9 Å². The summed E-state index contributed by atoms with van der Waals surface area (Å²) in [5.41, 5.74) is 3.58. The van der Waals surface area contributed by atoms with Gasteiger partial charge in [0, 0.05) is 30.9 Å². The zero-order valence-electron chi connectivity index (χ0n) is 17.0. The number of carbonyl (C=O) groups is 1. The Morgan fingerprint density at radius 3 is 2.63 bits per heavy atom. The van der Waals surface area contributed by atoms with Crippen molar-refractivity contribution in [1.29, 1.82) is 0 Å². The lowest BCUT2D eigenvalue weighted by Crippen LogP contribution is -2.36. The number of ether oxygens (including phenoxy) is 3. The molecule has 1 aromatic carbocycles. The van der Waals surface area contributed by atoms with Gasteiger partial charge >= 0.3 is 0 Å². The number of fused-ring (bicyclic) bond motifs is 1. The topological polar surface area (TPSA) is 73.8 Å². The van der Waals surface area contributed by atoms with E-state index < -0.39 is 0 Å². The number of methoxy groups -OCH3 is 2. The van der Waals surface area contributed by atoms with Gasteiger partial charge in [-0.2, -0.15) is 0 Å². The molecule has 0 radical (unpaired) electrons. The van der Waals surface area contributed by atoms with Crippen molar-refractivity contribution in [3.05, 3.63) is 77.2 Å². The zero-order chi connectivity index (χ0) is 20.9. The molecule has 0 saturated heterocycles. The van der Waals surface area contributed by atoms with Crippen molar-refractivity contribution >= 4 is 5.91 Å². The van der Waals surface area contributed by atoms with Gasteiger partial charge in [0.25, 0.3) is 5.91 Å². The zero-order valence-corrected chi connectivity index (χ0v) is 17.0. The van der Waals surface area contributed by atoms with Crippen LogP contribution in [0.5, 0.6) is 17.4 Å². The Morgan fingerprint density at radius 2 is 1.93 bits per heavy atom. The number of hydrogen-bond donors (Lipinski definition) is 0. The molecule has 0 saturated carbocycles. The predicted molar refractivity (Wildman–Crippen MR) is 111 cm³/mol. The highest BCUT2D eigenvalue weighted by atomic mass is 16.5. The van der Waals surface area contributed by atoms with E-state index in [9.17, 15) is 4.79 Å². The number of nitrogens with zero attached hydrogens (tertiary/aromatic N) is 3. The maximum Gasteiger partial charge on any atom is 0.255 e. The van der Waals surface area contributed by atoms with Crippen LogP contribution < -0.4 is 14.2 Å². The fraction of sp³-hybridized carbons (Fsp3) is 0.261. The van der Waals surface area contributed by atoms with Crippen LogP contribution in [-0.2, 0) is 19.6 Å². The van der Waals surface area contributed by atoms with Crippen LogP contribution >= 0.6 is 0 Å². The molecule has 1 aliphatic heterocycles. The third-order valence-electron chi connectivity index (χ3n) is 5.12. The van der Waals surface area contributed by atoms with E-state index >= 15 is 0 Å². The van der Waals surface area contributed by atoms with E-state index in [4.69, 9.17) is 14.2 Å². The Bertz CT molecular complexity index is 1020. The maximum atomic E-state index is 12.9. The Morgan fingerprint density at radius 1 is 1.03 bits per heavy atom. The Hall–Kier alpha value is -3.61. The molecule has 154 valence electrons. The summed E-state index contributed by atoms with van der Waals surface area (Å²) in [6.07, 6.45) is 4.00. The molecule has 0 aliphatic carbocycles. The molecule has 7 heteroatoms. The Balaban J connectivity index is 1.48. The number of aromatic nitrogens is 2. The maximum absolute atomic E-state index is 12.9. The first kappa shape index (κ1) is 19.7. The fourth-order valence-electron chi connectivity index (χ4n) is 3.44. The lowest BCUT2D eigenvalue weighted by atomic mass is 9.98. The minimum Gasteiger partial charge on any atom is -0.495 e. The fourth-order valence-corrected chi connectivity index (χ4v) is 3.44. The second-order valence-electron chi connectivity index (χ2n) is 6.94. The lowest BCUT2D eigenvalue weighted by Gasteiger charge is -2.30. The first-order chi connectivity index (χ1) is 14.7. The molecule has 3 heterocycles. The molecule has 0 unspecified atom stereocenters. The molecule has 0 bridgehead atoms. The van der Waals surface area contributed by atoms with Crippen LogP contribution in [0.2, 0.25) is 0 Å². The van der Waals surface area contributed by atoms with E-state index in [0.717, 1.165) is 23.4 Å². The highest BCUT2D eigenvalue weighted by Gasteiger charge is 2.24. The van der Waals surface area contributed by atoms with E-state index in [1.165, 1.54) is 5.56 Å². The average molecular weight is 405 g/mol. The number of carbonyl (C=O) groups excluding carboxylic acids is 1. The van der Waals surface area contributed by atoms with Gasteiger partial charge in [0.05, 0.1) is 31.7 Å². The summed E-state index contributed by atoms with van der Waals surface area (Å²) in [5, 5.41) is 0. The lowest BCUT2D eigenvalue weighted by molar-refractivity contribution is 0.0732. The molecule has 0 fully saturated rings. The van der Waals surface area contributed by atoms with E-state index in [1.807, 2.05) is 29.2 Å². The summed E-state index contributed by atoms with van der Waals surface area (Å²) in [7, 11) is 3.16. The summed E-state index contributed by atoms with van der Waals surface area (Å²) in [6, 6.07) is 13.2. The summed E-state index contributed by atoms with van der Waals surface area (Å²) in [5.74, 6) is 1.91. The Kier molecular flexibility index (Phi) is 5.79. The molecule has 0 atom stereocenters. The molecule has 4 rings (SSSR count). The number of rotatable bonds is 6. The highest BCUT2D eigenvalue weighted by Crippen LogP contribution is 2.29. The summed E-state index contributed by atoms with van der Waals surface area (Å²) in [4.78, 5) is 23.2. The van der Waals surface area contributed by atoms with Crippen molar-refractivity contribution < 1.29 is 19.0 Å². The van der Waals surface area contributed by atoms with Gasteiger partial charge in [0.1, 0.15) is 18.1 Å². The van der Waals surface area contributed by atoms with Crippen molar-refractivity contribution in [3.63, 3.8) is 0 Å². The second-order valence-corrected chi connectivity index (χ2v) is 6.94. The summed E-state index contributed by atoms with van der Waals surface area (Å²) in [6.45, 7) is 1.49. The van der Waals surface area contributed by atoms with Gasteiger partial charge in [-0.1, -0.05) is 12.1 Å². The van der Waals surface area contributed by atoms with Crippen molar-refractivity contribution in [3.8, 4) is 17.4 Å². The number of benzene rings is 1. The number of amides is 1. The van der Waals surface area contributed by atoms with Crippen LogP contribution in [0.1, 0.15) is 27.2 Å². The second kappa shape index (κ2) is 8.82. The van der Waals surface area contributed by atoms with Crippen LogP contribution in [0.25, 0.3) is 0 Å². The number of pyridine rings is 2. The van der Waals surface area contributed by atoms with E-state index in [0.29, 0.717) is 36.9 Å². The van der Waals surface area contributed by atoms with Gasteiger partial charge < -0.3 is 19.1 Å². The minimum absolute atomic E-state index is 0.0533. The highest BCUT2D eigenvalue weighted by molar-refractivity contribution is 5.94. The molecule has 2 aromatic heterocycles. The monoisotopic (exact) mass is 405 g/mol. The van der Waals surface area contributed by atoms with Crippen LogP contribution in [0.15, 0.2) is 54.9 Å². The van der Waals surface area contributed by atoms with E-state index in [1.54, 1.807) is 38.7 Å². The first-order valence-electron chi connectivity index (χ1n) is 9.69. The van der Waals surface area contributed by atoms with Gasteiger partial charge in [0.15, 0.2) is 0 Å². The molecular weight excluding hydrogens is 382 g/mol. The summed E-state index contributed by atoms with van der Waals surface area (Å²) < 4.78 is 16.3. The Labute approximate surface area is 175 Å². The molecule has 1 amide bonds. The molecule has 1 aliphatic rings. The van der Waals surface area contributed by atoms with Crippen LogP contribution in [0.4, 0.5) is 0 Å². The van der Waals surface area contributed by atoms with Crippen LogP contribution in [-0.4, -0.2) is 41.5 Å². The van der Waals surface area contributed by atoms with Gasteiger partial charge in [-0.05, 0) is 36.2 Å². The van der Waals surface area contributed by atoms with Crippen LogP contribution in [0.3, 0.4) is 0 Å². The normalized spacial score (nSPS) is 12.8. The standard InChI is InChI=1S/C23H23N3O4/c1-28-19-8-7-18(24-13-19)15-30-21-5-3-4-16-10-11-26(14-20(16)21)23(27)17-6-9-22(29-2)25-12-17/h3-9,12-13H,10-11,14-15H2,1-2H3. The van der Waals surface area contributed by atoms with E-state index in [2.05, 4.69) is 16.0 Å². The smallest absolute Gasteiger partial charge is 0.255 e. The third-order valence-corrected chi connectivity index (χ3v) is 5.12. The number of hydrogen-bond acceptors (Lipinski definition) is 6. The van der Waals surface area contributed by atoms with Crippen molar-refractivity contribution in [2.24, 2.45) is 0 Å². The van der Waals surface area contributed by atoms with Gasteiger partial charge in [-0.15, -0.1) is 0 Å². The molecule has 0 N–H and O–H groups in total. The quantitative estimate of drug-likeness (QED) is 0.627. The van der Waals surface area contributed by atoms with Crippen molar-refractivity contribution in [2.75, 3.05) is 20.8 Å². The molecule has 3 aromatic rings. The SMILES string of the molecule is COc1ccc(COc2cccc3c2CN(C(=O)c2ccc(OC)nc2)CC3)nc1. The average Bonchev–Trinajstić information content (AvgIpc) is 2.82. The van der Waals surface area contributed by atoms with Gasteiger partial charge in [0.2, 0.25) is 5.88 Å². The molecule has 0 spiro atoms. The van der Waals surface area contributed by atoms with Gasteiger partial charge in [-0.25, -0.2) is 4.98 Å². The molecule has 30 heavy (non-hydrogen) atoms. The predicted octanol–water partition coefficient (Wildman–Crippen LogP) is 3.27.